The molecule has 6 N–H and O–H groups in total. The van der Waals surface area contributed by atoms with Crippen LogP contribution >= 0.6 is 0 Å². The van der Waals surface area contributed by atoms with Gasteiger partial charge in [0.15, 0.2) is 11.5 Å². The number of aliphatic hydroxyl groups is 2. The first-order chi connectivity index (χ1) is 26.2. The predicted octanol–water partition coefficient (Wildman–Crippen LogP) is 4.08. The fraction of sp³-hybridized carbons (Fsp3) is 0.537. The highest BCUT2D eigenvalue weighted by atomic mass is 16.7. The van der Waals surface area contributed by atoms with Crippen LogP contribution in [-0.4, -0.2) is 92.6 Å². The molecular weight excluding hydrogens is 724 g/mol. The van der Waals surface area contributed by atoms with Crippen molar-refractivity contribution in [2.45, 2.75) is 105 Å². The Kier molecular flexibility index (Phi) is 11.9. The molecule has 0 radical (unpaired) electrons. The normalized spacial score (nSPS) is 33.6. The molecule has 0 saturated heterocycles. The second-order valence-corrected chi connectivity index (χ2v) is 15.9. The fourth-order valence-electron chi connectivity index (χ4n) is 7.73. The summed E-state index contributed by atoms with van der Waals surface area (Å²) in [7, 11) is 1.47. The number of anilines is 1. The molecule has 304 valence electrons. The van der Waals surface area contributed by atoms with Crippen LogP contribution in [0.15, 0.2) is 51.3 Å². The van der Waals surface area contributed by atoms with Crippen LogP contribution < -0.4 is 20.8 Å². The second-order valence-electron chi connectivity index (χ2n) is 15.9. The molecule has 5 rings (SSSR count). The van der Waals surface area contributed by atoms with Gasteiger partial charge in [-0.25, -0.2) is 0 Å². The molecule has 3 heterocycles. The number of hydrogen-bond acceptors (Lipinski definition) is 14. The number of fused-ring (bicyclic) bond motifs is 1. The number of aromatic hydroxyl groups is 2. The number of oxime groups is 1. The molecule has 2 aromatic rings. The van der Waals surface area contributed by atoms with E-state index in [1.807, 2.05) is 13.8 Å². The Morgan fingerprint density at radius 1 is 0.982 bits per heavy atom. The van der Waals surface area contributed by atoms with E-state index in [0.717, 1.165) is 0 Å². The van der Waals surface area contributed by atoms with Gasteiger partial charge in [0.25, 0.3) is 11.7 Å². The Labute approximate surface area is 325 Å². The summed E-state index contributed by atoms with van der Waals surface area (Å²) in [6.07, 6.45) is 3.97. The lowest BCUT2D eigenvalue weighted by atomic mass is 9.78. The molecule has 3 aliphatic heterocycles. The van der Waals surface area contributed by atoms with E-state index in [-0.39, 0.29) is 67.6 Å². The summed E-state index contributed by atoms with van der Waals surface area (Å²) in [5.74, 6) is -6.07. The second kappa shape index (κ2) is 15.9. The fourth-order valence-corrected chi connectivity index (χ4v) is 7.73. The summed E-state index contributed by atoms with van der Waals surface area (Å²) in [4.78, 5) is 35.7. The van der Waals surface area contributed by atoms with Gasteiger partial charge in [0, 0.05) is 61.2 Å². The zero-order chi connectivity index (χ0) is 41.6. The summed E-state index contributed by atoms with van der Waals surface area (Å²) in [5, 5.41) is 63.8. The van der Waals surface area contributed by atoms with Crippen LogP contribution in [0.3, 0.4) is 0 Å². The van der Waals surface area contributed by atoms with Gasteiger partial charge in [0.1, 0.15) is 28.6 Å². The molecule has 9 atom stereocenters. The van der Waals surface area contributed by atoms with Crippen LogP contribution in [0.1, 0.15) is 73.4 Å². The van der Waals surface area contributed by atoms with Gasteiger partial charge >= 0.3 is 5.97 Å². The zero-order valence-electron chi connectivity index (χ0n) is 33.7. The highest BCUT2D eigenvalue weighted by Crippen LogP contribution is 2.49. The van der Waals surface area contributed by atoms with E-state index in [9.17, 15) is 35.2 Å². The number of benzene rings is 2. The maximum atomic E-state index is 13.7. The van der Waals surface area contributed by atoms with Crippen LogP contribution in [0.25, 0.3) is 10.8 Å². The number of allylic oxidation sites excluding steroid dienone is 2. The lowest BCUT2D eigenvalue weighted by molar-refractivity contribution is -0.160. The molecule has 15 heteroatoms. The SMILES string of the molecule is CO[C@H]1/C=C/O[C@@]2(C)Oc3c(C)c(O)c4c(O)c(c5c(c4c3/C2=N\O)=NC(C)(C)CN=5)NC(=O)/C(C)=C\C=C\[C@H](C)[C@H](O)[C@@H](C)[C@@H](O)[C@@H](C)[C@H](OC(C)=O)[C@@H]1C. The van der Waals surface area contributed by atoms with Gasteiger partial charge in [-0.1, -0.05) is 51.1 Å². The third-order valence-electron chi connectivity index (χ3n) is 11.1. The number of aliphatic hydroxyl groups excluding tert-OH is 2. The number of phenols is 2. The van der Waals surface area contributed by atoms with Crippen molar-refractivity contribution >= 4 is 34.0 Å². The smallest absolute Gasteiger partial charge is 0.302 e. The Bertz CT molecular complexity index is 2160. The molecule has 4 bridgehead atoms. The molecule has 0 saturated carbocycles. The van der Waals surface area contributed by atoms with E-state index in [1.165, 1.54) is 27.2 Å². The van der Waals surface area contributed by atoms with E-state index in [2.05, 4.69) is 10.5 Å². The number of carbonyl (C=O) groups is 2. The Balaban J connectivity index is 1.76. The van der Waals surface area contributed by atoms with Gasteiger partial charge < -0.3 is 49.9 Å². The van der Waals surface area contributed by atoms with Crippen molar-refractivity contribution in [2.24, 2.45) is 38.8 Å². The summed E-state index contributed by atoms with van der Waals surface area (Å²) >= 11 is 0. The van der Waals surface area contributed by atoms with Gasteiger partial charge in [-0.15, -0.1) is 0 Å². The Morgan fingerprint density at radius 2 is 1.66 bits per heavy atom. The predicted molar refractivity (Wildman–Crippen MR) is 207 cm³/mol. The molecule has 1 amide bonds. The monoisotopic (exact) mass is 778 g/mol. The zero-order valence-corrected chi connectivity index (χ0v) is 33.7. The van der Waals surface area contributed by atoms with E-state index in [1.54, 1.807) is 65.8 Å². The first-order valence-corrected chi connectivity index (χ1v) is 18.7. The number of esters is 1. The number of carbonyl (C=O) groups excluding carboxylic acids is 2. The number of amides is 1. The molecule has 0 unspecified atom stereocenters. The molecule has 2 aromatic carbocycles. The van der Waals surface area contributed by atoms with Crippen molar-refractivity contribution < 1.29 is 54.2 Å². The van der Waals surface area contributed by atoms with Crippen LogP contribution in [0.4, 0.5) is 5.69 Å². The first-order valence-electron chi connectivity index (χ1n) is 18.7. The van der Waals surface area contributed by atoms with Gasteiger partial charge in [0.05, 0.1) is 53.0 Å². The topological polar surface area (TPSA) is 221 Å². The van der Waals surface area contributed by atoms with Crippen molar-refractivity contribution in [3.63, 3.8) is 0 Å². The summed E-state index contributed by atoms with van der Waals surface area (Å²) in [6.45, 7) is 16.8. The number of hydrogen-bond donors (Lipinski definition) is 6. The average molecular weight is 779 g/mol. The number of nitrogens with one attached hydrogen (secondary N) is 1. The maximum absolute atomic E-state index is 13.7. The standard InChI is InChI=1S/C41H54N4O11/c1-18-13-12-14-19(2)39(51)43-31-30-29(44-40(8,9)17-42-30)26-27(35(31)50)34(49)23(6)37-28(26)38(45-52)41(10,56-37)54-16-15-25(53-11)20(3)36(55-24(7)46)22(5)33(48)21(4)32(18)47/h12-16,18,20-22,25,32-33,36,47-50,52H,17H2,1-11H3,(H,43,51)/b13-12+,16-15+,19-14-,45-38+/t18-,20+,21+,22+,25-,32-,33+,36+,41-/m0/s1. The van der Waals surface area contributed by atoms with Crippen molar-refractivity contribution in [1.82, 2.24) is 0 Å². The number of ether oxygens (including phenoxy) is 4. The number of rotatable bonds is 2. The molecule has 0 aliphatic carbocycles. The van der Waals surface area contributed by atoms with Crippen molar-refractivity contribution in [3.05, 3.63) is 58.0 Å². The molecule has 0 fully saturated rings. The van der Waals surface area contributed by atoms with Gasteiger partial charge in [-0.05, 0) is 33.8 Å². The van der Waals surface area contributed by atoms with Crippen LogP contribution in [0, 0.1) is 30.6 Å². The summed E-state index contributed by atoms with van der Waals surface area (Å²) in [6, 6.07) is 0. The Hall–Kier alpha value is -4.99. The molecule has 0 spiro atoms. The van der Waals surface area contributed by atoms with E-state index in [4.69, 9.17) is 28.9 Å². The largest absolute Gasteiger partial charge is 0.507 e. The highest BCUT2D eigenvalue weighted by Gasteiger charge is 2.48. The molecular formula is C41H54N4O11. The molecule has 56 heavy (non-hydrogen) atoms. The number of phenolic OH excluding ortho intramolecular Hbond substituents is 2. The van der Waals surface area contributed by atoms with E-state index >= 15 is 0 Å². The summed E-state index contributed by atoms with van der Waals surface area (Å²) < 4.78 is 24.1. The average Bonchev–Trinajstić information content (AvgIpc) is 3.44. The van der Waals surface area contributed by atoms with Gasteiger partial charge in [-0.2, -0.15) is 0 Å². The molecule has 3 aliphatic rings. The van der Waals surface area contributed by atoms with Crippen LogP contribution in [0.5, 0.6) is 17.2 Å². The minimum atomic E-state index is -1.80. The molecule has 0 aromatic heterocycles. The third kappa shape index (κ3) is 7.59. The summed E-state index contributed by atoms with van der Waals surface area (Å²) in [5.41, 5.74) is -0.318. The minimum Gasteiger partial charge on any atom is -0.507 e. The van der Waals surface area contributed by atoms with E-state index in [0.29, 0.717) is 0 Å². The van der Waals surface area contributed by atoms with Gasteiger partial charge in [0.2, 0.25) is 0 Å². The number of nitrogens with zero attached hydrogens (tertiary/aromatic N) is 3. The lowest BCUT2D eigenvalue weighted by Gasteiger charge is -2.38. The quantitative estimate of drug-likeness (QED) is 0.110. The number of methoxy groups -OCH3 is 1. The first kappa shape index (κ1) is 42.2. The highest BCUT2D eigenvalue weighted by molar-refractivity contribution is 6.21. The van der Waals surface area contributed by atoms with Gasteiger partial charge in [-0.3, -0.25) is 19.6 Å². The van der Waals surface area contributed by atoms with Crippen molar-refractivity contribution in [2.75, 3.05) is 19.0 Å². The maximum Gasteiger partial charge on any atom is 0.302 e. The van der Waals surface area contributed by atoms with Crippen LogP contribution in [0.2, 0.25) is 0 Å². The van der Waals surface area contributed by atoms with E-state index < -0.39 is 77.0 Å². The molecule has 15 nitrogen and oxygen atoms in total. The van der Waals surface area contributed by atoms with Crippen LogP contribution in [-0.2, 0) is 23.8 Å². The Morgan fingerprint density at radius 3 is 2.29 bits per heavy atom. The lowest BCUT2D eigenvalue weighted by Crippen LogP contribution is -2.46. The van der Waals surface area contributed by atoms with Crippen molar-refractivity contribution in [3.8, 4) is 17.2 Å². The van der Waals surface area contributed by atoms with Crippen molar-refractivity contribution in [1.29, 1.82) is 0 Å². The minimum absolute atomic E-state index is 0.0755. The third-order valence-corrected chi connectivity index (χ3v) is 11.1.